The van der Waals surface area contributed by atoms with Crippen LogP contribution in [0.25, 0.3) is 33.4 Å². The number of ether oxygens (including phenoxy) is 2. The Balaban J connectivity index is 1.86. The molecular formula is C26H27N5O3. The molecule has 0 unspecified atom stereocenters. The van der Waals surface area contributed by atoms with Crippen LogP contribution in [0.2, 0.25) is 0 Å². The van der Waals surface area contributed by atoms with Crippen LogP contribution in [-0.4, -0.2) is 33.3 Å². The number of benzene rings is 2. The first-order valence-electron chi connectivity index (χ1n) is 11.0. The highest BCUT2D eigenvalue weighted by molar-refractivity contribution is 6.12. The van der Waals surface area contributed by atoms with Crippen molar-refractivity contribution >= 4 is 28.6 Å². The molecule has 0 bridgehead atoms. The van der Waals surface area contributed by atoms with Gasteiger partial charge < -0.3 is 19.8 Å². The number of amides is 1. The molecule has 1 amide bonds. The number of nitrogens with two attached hydrogens (primary N) is 1. The third-order valence-electron chi connectivity index (χ3n) is 5.91. The lowest BCUT2D eigenvalue weighted by Crippen LogP contribution is -2.37. The van der Waals surface area contributed by atoms with Crippen LogP contribution in [0.3, 0.4) is 0 Å². The fourth-order valence-corrected chi connectivity index (χ4v) is 4.47. The molecule has 1 aliphatic heterocycles. The van der Waals surface area contributed by atoms with E-state index in [9.17, 15) is 4.79 Å². The third-order valence-corrected chi connectivity index (χ3v) is 5.91. The Morgan fingerprint density at radius 1 is 1.09 bits per heavy atom. The minimum absolute atomic E-state index is 0.285. The number of nitrogens with zero attached hydrogens (tertiary/aromatic N) is 4. The van der Waals surface area contributed by atoms with Crippen LogP contribution in [0.1, 0.15) is 26.3 Å². The highest BCUT2D eigenvalue weighted by Gasteiger charge is 2.34. The Kier molecular flexibility index (Phi) is 4.97. The van der Waals surface area contributed by atoms with Crippen molar-refractivity contribution in [2.45, 2.75) is 32.9 Å². The normalized spacial score (nSPS) is 12.9. The maximum atomic E-state index is 13.4. The van der Waals surface area contributed by atoms with E-state index in [0.717, 1.165) is 39.0 Å². The largest absolute Gasteiger partial charge is 0.497 e. The monoisotopic (exact) mass is 457 g/mol. The van der Waals surface area contributed by atoms with Crippen LogP contribution >= 0.6 is 0 Å². The molecule has 5 rings (SSSR count). The van der Waals surface area contributed by atoms with Crippen LogP contribution in [0.4, 0.5) is 16.3 Å². The molecule has 8 nitrogen and oxygen atoms in total. The van der Waals surface area contributed by atoms with Crippen LogP contribution in [-0.2, 0) is 18.3 Å². The average molecular weight is 458 g/mol. The van der Waals surface area contributed by atoms with Crippen molar-refractivity contribution in [2.75, 3.05) is 17.7 Å². The zero-order chi connectivity index (χ0) is 24.2. The second-order valence-corrected chi connectivity index (χ2v) is 9.39. The van der Waals surface area contributed by atoms with E-state index in [4.69, 9.17) is 15.2 Å². The van der Waals surface area contributed by atoms with E-state index in [1.165, 1.54) is 6.33 Å². The summed E-state index contributed by atoms with van der Waals surface area (Å²) in [6, 6.07) is 13.7. The summed E-state index contributed by atoms with van der Waals surface area (Å²) in [6.07, 6.45) is 1.02. The molecule has 8 heteroatoms. The number of rotatable bonds is 2. The highest BCUT2D eigenvalue weighted by atomic mass is 16.6. The van der Waals surface area contributed by atoms with Crippen LogP contribution in [0.15, 0.2) is 48.8 Å². The second-order valence-electron chi connectivity index (χ2n) is 9.39. The molecule has 0 spiro atoms. The van der Waals surface area contributed by atoms with Gasteiger partial charge >= 0.3 is 6.09 Å². The summed E-state index contributed by atoms with van der Waals surface area (Å²) < 4.78 is 13.3. The molecule has 1 aliphatic rings. The quantitative estimate of drug-likeness (QED) is 0.418. The fraction of sp³-hybridized carbons (Fsp3) is 0.269. The summed E-state index contributed by atoms with van der Waals surface area (Å²) in [7, 11) is 3.60. The molecule has 2 N–H and O–H groups in total. The molecule has 4 aromatic rings. The van der Waals surface area contributed by atoms with Gasteiger partial charge in [0.2, 0.25) is 0 Å². The zero-order valence-corrected chi connectivity index (χ0v) is 19.9. The molecule has 0 radical (unpaired) electrons. The van der Waals surface area contributed by atoms with E-state index in [1.807, 2.05) is 74.9 Å². The van der Waals surface area contributed by atoms with Crippen molar-refractivity contribution in [2.24, 2.45) is 7.05 Å². The number of aryl methyl sites for hydroxylation is 1. The van der Waals surface area contributed by atoms with Crippen molar-refractivity contribution in [3.63, 3.8) is 0 Å². The molecule has 174 valence electrons. The van der Waals surface area contributed by atoms with Gasteiger partial charge in [-0.2, -0.15) is 0 Å². The molecule has 0 saturated heterocycles. The smallest absolute Gasteiger partial charge is 0.416 e. The number of carbonyl (C=O) groups excluding carboxylic acids is 1. The predicted octanol–water partition coefficient (Wildman–Crippen LogP) is 5.15. The summed E-state index contributed by atoms with van der Waals surface area (Å²) in [4.78, 5) is 24.1. The number of aromatic nitrogens is 3. The van der Waals surface area contributed by atoms with E-state index in [2.05, 4.69) is 9.97 Å². The van der Waals surface area contributed by atoms with Crippen molar-refractivity contribution in [3.05, 3.63) is 54.4 Å². The molecule has 2 aromatic heterocycles. The maximum Gasteiger partial charge on any atom is 0.416 e. The minimum atomic E-state index is -0.651. The van der Waals surface area contributed by atoms with Gasteiger partial charge in [0.25, 0.3) is 0 Å². The van der Waals surface area contributed by atoms with Crippen molar-refractivity contribution in [1.29, 1.82) is 0 Å². The molecule has 3 heterocycles. The first-order valence-corrected chi connectivity index (χ1v) is 11.0. The number of carbonyl (C=O) groups is 1. The zero-order valence-electron chi connectivity index (χ0n) is 19.9. The molecule has 0 atom stereocenters. The van der Waals surface area contributed by atoms with E-state index in [0.29, 0.717) is 17.3 Å². The summed E-state index contributed by atoms with van der Waals surface area (Å²) in [6.45, 7) is 5.83. The standard InChI is InChI=1S/C26H27N5O3/c1-26(2,3)34-25(32)31-13-16-12-18(33-5)10-11-19(16)20-21-23(28-14-29-24(21)31)30(4)22(20)15-6-8-17(27)9-7-15/h6-12,14H,13,27H2,1-5H3. The lowest BCUT2D eigenvalue weighted by Gasteiger charge is -2.26. The lowest BCUT2D eigenvalue weighted by molar-refractivity contribution is 0.0577. The van der Waals surface area contributed by atoms with Crippen molar-refractivity contribution in [3.8, 4) is 28.1 Å². The molecule has 34 heavy (non-hydrogen) atoms. The van der Waals surface area contributed by atoms with Gasteiger partial charge in [0.1, 0.15) is 23.3 Å². The van der Waals surface area contributed by atoms with Crippen LogP contribution < -0.4 is 15.4 Å². The van der Waals surface area contributed by atoms with E-state index < -0.39 is 11.7 Å². The summed E-state index contributed by atoms with van der Waals surface area (Å²) in [5, 5.41) is 0.798. The first kappa shape index (κ1) is 21.8. The van der Waals surface area contributed by atoms with Gasteiger partial charge in [0, 0.05) is 18.3 Å². The molecule has 0 aliphatic carbocycles. The average Bonchev–Trinajstić information content (AvgIpc) is 3.00. The Morgan fingerprint density at radius 2 is 1.82 bits per heavy atom. The number of anilines is 2. The Bertz CT molecular complexity index is 1420. The number of methoxy groups -OCH3 is 1. The molecule has 0 fully saturated rings. The van der Waals surface area contributed by atoms with Gasteiger partial charge in [-0.15, -0.1) is 0 Å². The Labute approximate surface area is 197 Å². The Hall–Kier alpha value is -4.07. The van der Waals surface area contributed by atoms with Gasteiger partial charge in [-0.25, -0.2) is 14.8 Å². The second kappa shape index (κ2) is 7.76. The number of fused-ring (bicyclic) bond motifs is 2. The number of hydrogen-bond acceptors (Lipinski definition) is 6. The van der Waals surface area contributed by atoms with Crippen LogP contribution in [0.5, 0.6) is 5.75 Å². The summed E-state index contributed by atoms with van der Waals surface area (Å²) in [5.74, 6) is 1.22. The van der Waals surface area contributed by atoms with Gasteiger partial charge in [-0.1, -0.05) is 18.2 Å². The fourth-order valence-electron chi connectivity index (χ4n) is 4.47. The minimum Gasteiger partial charge on any atom is -0.497 e. The van der Waals surface area contributed by atoms with E-state index in [-0.39, 0.29) is 6.54 Å². The van der Waals surface area contributed by atoms with Gasteiger partial charge in [-0.3, -0.25) is 4.90 Å². The summed E-state index contributed by atoms with van der Waals surface area (Å²) in [5.41, 5.74) is 11.5. The first-order chi connectivity index (χ1) is 16.2. The lowest BCUT2D eigenvalue weighted by atomic mass is 9.95. The summed E-state index contributed by atoms with van der Waals surface area (Å²) >= 11 is 0. The van der Waals surface area contributed by atoms with Crippen molar-refractivity contribution < 1.29 is 14.3 Å². The predicted molar refractivity (Wildman–Crippen MR) is 133 cm³/mol. The van der Waals surface area contributed by atoms with Gasteiger partial charge in [0.15, 0.2) is 5.82 Å². The maximum absolute atomic E-state index is 13.4. The van der Waals surface area contributed by atoms with E-state index >= 15 is 0 Å². The van der Waals surface area contributed by atoms with Crippen molar-refractivity contribution in [1.82, 2.24) is 14.5 Å². The highest BCUT2D eigenvalue weighted by Crippen LogP contribution is 2.47. The molecule has 0 saturated carbocycles. The van der Waals surface area contributed by atoms with Gasteiger partial charge in [0.05, 0.1) is 24.7 Å². The number of hydrogen-bond donors (Lipinski definition) is 1. The third kappa shape index (κ3) is 3.51. The van der Waals surface area contributed by atoms with E-state index in [1.54, 1.807) is 12.0 Å². The number of nitrogen functional groups attached to an aromatic ring is 1. The molecular weight excluding hydrogens is 430 g/mol. The molecule has 2 aromatic carbocycles. The topological polar surface area (TPSA) is 95.5 Å². The van der Waals surface area contributed by atoms with Gasteiger partial charge in [-0.05, 0) is 61.7 Å². The Morgan fingerprint density at radius 3 is 2.50 bits per heavy atom. The van der Waals surface area contributed by atoms with Crippen LogP contribution in [0, 0.1) is 0 Å². The SMILES string of the molecule is COc1ccc2c(c1)CN(C(=O)OC(C)(C)C)c1ncnc3c1c-2c(-c1ccc(N)cc1)n3C.